The van der Waals surface area contributed by atoms with Crippen LogP contribution < -0.4 is 5.73 Å². The summed E-state index contributed by atoms with van der Waals surface area (Å²) in [6.07, 6.45) is 0.284. The Labute approximate surface area is 107 Å². The van der Waals surface area contributed by atoms with Gasteiger partial charge in [0.2, 0.25) is 0 Å². The number of phenolic OH excluding ortho intramolecular Hbond substituents is 1. The number of phenols is 1. The van der Waals surface area contributed by atoms with Gasteiger partial charge in [-0.15, -0.1) is 0 Å². The van der Waals surface area contributed by atoms with Gasteiger partial charge in [0, 0.05) is 13.1 Å². The number of hydrogen-bond acceptors (Lipinski definition) is 3. The van der Waals surface area contributed by atoms with E-state index < -0.39 is 6.09 Å². The minimum absolute atomic E-state index is 0.0347. The highest BCUT2D eigenvalue weighted by Crippen LogP contribution is 2.37. The van der Waals surface area contributed by atoms with E-state index in [-0.39, 0.29) is 5.75 Å². The molecular weight excluding hydrogens is 288 g/mol. The summed E-state index contributed by atoms with van der Waals surface area (Å²) < 4.78 is 0.583. The molecule has 0 bridgehead atoms. The van der Waals surface area contributed by atoms with Gasteiger partial charge in [0.1, 0.15) is 0 Å². The maximum atomic E-state index is 10.9. The van der Waals surface area contributed by atoms with E-state index in [1.165, 1.54) is 4.90 Å². The lowest BCUT2D eigenvalue weighted by atomic mass is 10.0. The van der Waals surface area contributed by atoms with Crippen molar-refractivity contribution in [3.05, 3.63) is 21.7 Å². The first-order valence-corrected chi connectivity index (χ1v) is 6.06. The molecule has 0 fully saturated rings. The SMILES string of the molecule is Nc1cc2c(c(Br)c1O)CCN(C(=O)O)CC2. The maximum absolute atomic E-state index is 10.9. The zero-order valence-corrected chi connectivity index (χ0v) is 10.7. The molecular formula is C11H13BrN2O3. The number of anilines is 1. The van der Waals surface area contributed by atoms with Gasteiger partial charge in [0.15, 0.2) is 5.75 Å². The van der Waals surface area contributed by atoms with Crippen LogP contribution in [0.3, 0.4) is 0 Å². The summed E-state index contributed by atoms with van der Waals surface area (Å²) >= 11 is 3.31. The van der Waals surface area contributed by atoms with Crippen LogP contribution >= 0.6 is 15.9 Å². The van der Waals surface area contributed by atoms with Crippen molar-refractivity contribution in [1.29, 1.82) is 0 Å². The zero-order chi connectivity index (χ0) is 12.6. The van der Waals surface area contributed by atoms with Crippen LogP contribution in [0.1, 0.15) is 11.1 Å². The number of fused-ring (bicyclic) bond motifs is 1. The Morgan fingerprint density at radius 3 is 2.71 bits per heavy atom. The van der Waals surface area contributed by atoms with E-state index >= 15 is 0 Å². The Balaban J connectivity index is 2.37. The monoisotopic (exact) mass is 300 g/mol. The fourth-order valence-electron chi connectivity index (χ4n) is 2.05. The van der Waals surface area contributed by atoms with Crippen LogP contribution in [0, 0.1) is 0 Å². The van der Waals surface area contributed by atoms with Crippen molar-refractivity contribution in [3.63, 3.8) is 0 Å². The lowest BCUT2D eigenvalue weighted by molar-refractivity contribution is 0.147. The third-order valence-corrected chi connectivity index (χ3v) is 3.87. The van der Waals surface area contributed by atoms with Crippen LogP contribution in [0.15, 0.2) is 10.5 Å². The van der Waals surface area contributed by atoms with E-state index in [1.807, 2.05) is 0 Å². The third-order valence-electron chi connectivity index (χ3n) is 3.02. The molecule has 1 aliphatic rings. The normalized spacial score (nSPS) is 15.2. The van der Waals surface area contributed by atoms with Crippen LogP contribution in [0.2, 0.25) is 0 Å². The van der Waals surface area contributed by atoms with E-state index in [4.69, 9.17) is 10.8 Å². The lowest BCUT2D eigenvalue weighted by Crippen LogP contribution is -2.31. The van der Waals surface area contributed by atoms with Crippen molar-refractivity contribution >= 4 is 27.7 Å². The van der Waals surface area contributed by atoms with Crippen molar-refractivity contribution in [1.82, 2.24) is 4.90 Å². The first-order valence-electron chi connectivity index (χ1n) is 5.27. The lowest BCUT2D eigenvalue weighted by Gasteiger charge is -2.15. The first kappa shape index (κ1) is 12.0. The Hall–Kier alpha value is -1.43. The van der Waals surface area contributed by atoms with Gasteiger partial charge in [0.05, 0.1) is 10.2 Å². The number of nitrogens with zero attached hydrogens (tertiary/aromatic N) is 1. The van der Waals surface area contributed by atoms with Crippen molar-refractivity contribution in [2.45, 2.75) is 12.8 Å². The predicted octanol–water partition coefficient (Wildman–Crippen LogP) is 1.82. The second-order valence-electron chi connectivity index (χ2n) is 4.04. The van der Waals surface area contributed by atoms with Gasteiger partial charge < -0.3 is 20.8 Å². The molecule has 4 N–H and O–H groups in total. The number of amides is 1. The van der Waals surface area contributed by atoms with Crippen LogP contribution in [0.4, 0.5) is 10.5 Å². The molecule has 1 amide bonds. The summed E-state index contributed by atoms with van der Waals surface area (Å²) in [5.41, 5.74) is 7.94. The van der Waals surface area contributed by atoms with Crippen molar-refractivity contribution in [2.75, 3.05) is 18.8 Å². The fraction of sp³-hybridized carbons (Fsp3) is 0.364. The van der Waals surface area contributed by atoms with E-state index in [0.29, 0.717) is 36.1 Å². The molecule has 6 heteroatoms. The number of hydrogen-bond donors (Lipinski definition) is 3. The van der Waals surface area contributed by atoms with Gasteiger partial charge >= 0.3 is 6.09 Å². The average Bonchev–Trinajstić information content (AvgIpc) is 2.48. The molecule has 0 unspecified atom stereocenters. The molecule has 0 saturated heterocycles. The van der Waals surface area contributed by atoms with E-state index in [9.17, 15) is 9.90 Å². The van der Waals surface area contributed by atoms with E-state index in [2.05, 4.69) is 15.9 Å². The number of carboxylic acid groups (broad SMARTS) is 1. The summed E-state index contributed by atoms with van der Waals surface area (Å²) in [6.45, 7) is 0.892. The standard InChI is InChI=1S/C11H13BrN2O3/c12-9-7-2-4-14(11(16)17)3-1-6(7)5-8(13)10(9)15/h5,15H,1-4,13H2,(H,16,17). The number of nitrogen functional groups attached to an aromatic ring is 1. The third kappa shape index (κ3) is 2.17. The molecule has 92 valence electrons. The molecule has 0 saturated carbocycles. The summed E-state index contributed by atoms with van der Waals surface area (Å²) in [6, 6.07) is 1.72. The maximum Gasteiger partial charge on any atom is 0.407 e. The van der Waals surface area contributed by atoms with Gasteiger partial charge in [-0.05, 0) is 46.0 Å². The van der Waals surface area contributed by atoms with E-state index in [0.717, 1.165) is 11.1 Å². The zero-order valence-electron chi connectivity index (χ0n) is 9.11. The molecule has 0 atom stereocenters. The number of benzene rings is 1. The Morgan fingerprint density at radius 2 is 2.06 bits per heavy atom. The number of nitrogens with two attached hydrogens (primary N) is 1. The Kier molecular flexibility index (Phi) is 3.15. The van der Waals surface area contributed by atoms with Gasteiger partial charge in [-0.1, -0.05) is 0 Å². The fourth-order valence-corrected chi connectivity index (χ4v) is 2.73. The van der Waals surface area contributed by atoms with Gasteiger partial charge in [0.25, 0.3) is 0 Å². The molecule has 0 radical (unpaired) electrons. The van der Waals surface area contributed by atoms with Gasteiger partial charge in [-0.3, -0.25) is 0 Å². The largest absolute Gasteiger partial charge is 0.505 e. The van der Waals surface area contributed by atoms with Crippen LogP contribution in [-0.2, 0) is 12.8 Å². The summed E-state index contributed by atoms with van der Waals surface area (Å²) in [5.74, 6) is 0.0347. The smallest absolute Gasteiger partial charge is 0.407 e. The quantitative estimate of drug-likeness (QED) is 0.504. The molecule has 0 aliphatic carbocycles. The van der Waals surface area contributed by atoms with Gasteiger partial charge in [-0.25, -0.2) is 4.79 Å². The summed E-state index contributed by atoms with van der Waals surface area (Å²) in [5, 5.41) is 18.7. The highest BCUT2D eigenvalue weighted by Gasteiger charge is 2.21. The molecule has 1 aromatic rings. The van der Waals surface area contributed by atoms with Crippen molar-refractivity contribution in [2.24, 2.45) is 0 Å². The molecule has 0 spiro atoms. The molecule has 2 rings (SSSR count). The second-order valence-corrected chi connectivity index (χ2v) is 4.83. The topological polar surface area (TPSA) is 86.8 Å². The molecule has 1 aliphatic heterocycles. The first-order chi connectivity index (χ1) is 8.00. The van der Waals surface area contributed by atoms with Crippen molar-refractivity contribution in [3.8, 4) is 5.75 Å². The molecule has 1 aromatic carbocycles. The Bertz CT molecular complexity index is 476. The Morgan fingerprint density at radius 1 is 1.41 bits per heavy atom. The molecule has 17 heavy (non-hydrogen) atoms. The highest BCUT2D eigenvalue weighted by atomic mass is 79.9. The number of rotatable bonds is 0. The summed E-state index contributed by atoms with van der Waals surface area (Å²) in [7, 11) is 0. The molecule has 1 heterocycles. The summed E-state index contributed by atoms with van der Waals surface area (Å²) in [4.78, 5) is 12.3. The van der Waals surface area contributed by atoms with Crippen LogP contribution in [-0.4, -0.2) is 34.3 Å². The van der Waals surface area contributed by atoms with Crippen LogP contribution in [0.5, 0.6) is 5.75 Å². The van der Waals surface area contributed by atoms with Crippen molar-refractivity contribution < 1.29 is 15.0 Å². The second kappa shape index (κ2) is 4.44. The van der Waals surface area contributed by atoms with Crippen LogP contribution in [0.25, 0.3) is 0 Å². The minimum atomic E-state index is -0.911. The molecule has 0 aromatic heterocycles. The molecule has 5 nitrogen and oxygen atoms in total. The van der Waals surface area contributed by atoms with E-state index in [1.54, 1.807) is 6.07 Å². The number of aromatic hydroxyl groups is 1. The number of halogens is 1. The van der Waals surface area contributed by atoms with Gasteiger partial charge in [-0.2, -0.15) is 0 Å². The average molecular weight is 301 g/mol. The predicted molar refractivity (Wildman–Crippen MR) is 67.2 cm³/mol. The minimum Gasteiger partial charge on any atom is -0.505 e. The highest BCUT2D eigenvalue weighted by molar-refractivity contribution is 9.10. The number of carbonyl (C=O) groups is 1.